The van der Waals surface area contributed by atoms with Crippen molar-refractivity contribution in [3.8, 4) is 5.75 Å². The van der Waals surface area contributed by atoms with Gasteiger partial charge in [0, 0.05) is 30.7 Å². The Kier molecular flexibility index (Phi) is 5.81. The third kappa shape index (κ3) is 4.32. The normalized spacial score (nSPS) is 17.6. The molecule has 128 valence electrons. The summed E-state index contributed by atoms with van der Waals surface area (Å²) < 4.78 is 6.06. The second kappa shape index (κ2) is 8.25. The van der Waals surface area contributed by atoms with Gasteiger partial charge in [-0.3, -0.25) is 9.97 Å². The minimum atomic E-state index is 0.165. The van der Waals surface area contributed by atoms with E-state index in [0.29, 0.717) is 12.1 Å². The van der Waals surface area contributed by atoms with E-state index in [4.69, 9.17) is 4.74 Å². The molecule has 24 heavy (non-hydrogen) atoms. The Hall–Kier alpha value is -1.94. The summed E-state index contributed by atoms with van der Waals surface area (Å²) in [5, 5.41) is 3.65. The van der Waals surface area contributed by atoms with E-state index in [2.05, 4.69) is 53.4 Å². The first-order chi connectivity index (χ1) is 11.8. The summed E-state index contributed by atoms with van der Waals surface area (Å²) >= 11 is 0. The SMILES string of the molecule is CC[C@@H](N[C@H](C)c1cnccn1)c1ccc(OC2CCCC2)cc1. The molecule has 3 rings (SSSR count). The third-order valence-electron chi connectivity index (χ3n) is 4.77. The molecule has 1 heterocycles. The number of aromatic nitrogens is 2. The summed E-state index contributed by atoms with van der Waals surface area (Å²) in [6.07, 6.45) is 11.7. The standard InChI is InChI=1S/C20H27N3O/c1-3-19(23-15(2)20-14-21-12-13-22-20)16-8-10-18(11-9-16)24-17-6-4-5-7-17/h8-15,17,19,23H,3-7H2,1-2H3/t15-,19-/m1/s1. The van der Waals surface area contributed by atoms with Gasteiger partial charge in [0.1, 0.15) is 5.75 Å². The first-order valence-corrected chi connectivity index (χ1v) is 9.05. The van der Waals surface area contributed by atoms with E-state index in [1.165, 1.54) is 31.2 Å². The van der Waals surface area contributed by atoms with Gasteiger partial charge in [-0.25, -0.2) is 0 Å². The van der Waals surface area contributed by atoms with Crippen LogP contribution in [-0.2, 0) is 0 Å². The molecular weight excluding hydrogens is 298 g/mol. The average Bonchev–Trinajstić information content (AvgIpc) is 3.14. The van der Waals surface area contributed by atoms with Crippen molar-refractivity contribution in [1.82, 2.24) is 15.3 Å². The van der Waals surface area contributed by atoms with Gasteiger partial charge in [0.25, 0.3) is 0 Å². The molecular formula is C20H27N3O. The fraction of sp³-hybridized carbons (Fsp3) is 0.500. The van der Waals surface area contributed by atoms with Crippen LogP contribution in [0.1, 0.15) is 69.3 Å². The fourth-order valence-corrected chi connectivity index (χ4v) is 3.35. The second-order valence-electron chi connectivity index (χ2n) is 6.57. The highest BCUT2D eigenvalue weighted by Gasteiger charge is 2.17. The van der Waals surface area contributed by atoms with Crippen LogP contribution in [-0.4, -0.2) is 16.1 Å². The van der Waals surface area contributed by atoms with Crippen LogP contribution in [0.3, 0.4) is 0 Å². The molecule has 0 amide bonds. The van der Waals surface area contributed by atoms with Crippen LogP contribution >= 0.6 is 0 Å². The van der Waals surface area contributed by atoms with E-state index in [0.717, 1.165) is 17.9 Å². The lowest BCUT2D eigenvalue weighted by Crippen LogP contribution is -2.25. The van der Waals surface area contributed by atoms with Crippen LogP contribution in [0.25, 0.3) is 0 Å². The van der Waals surface area contributed by atoms with Gasteiger partial charge in [0.05, 0.1) is 11.8 Å². The van der Waals surface area contributed by atoms with Gasteiger partial charge in [-0.15, -0.1) is 0 Å². The number of benzene rings is 1. The lowest BCUT2D eigenvalue weighted by molar-refractivity contribution is 0.210. The van der Waals surface area contributed by atoms with Crippen molar-refractivity contribution in [3.05, 3.63) is 54.1 Å². The predicted molar refractivity (Wildman–Crippen MR) is 95.9 cm³/mol. The maximum atomic E-state index is 6.06. The zero-order valence-electron chi connectivity index (χ0n) is 14.6. The van der Waals surface area contributed by atoms with Crippen LogP contribution in [0.15, 0.2) is 42.9 Å². The largest absolute Gasteiger partial charge is 0.490 e. The second-order valence-corrected chi connectivity index (χ2v) is 6.57. The number of hydrogen-bond acceptors (Lipinski definition) is 4. The van der Waals surface area contributed by atoms with Crippen molar-refractivity contribution in [2.75, 3.05) is 0 Å². The van der Waals surface area contributed by atoms with Crippen molar-refractivity contribution < 1.29 is 4.74 Å². The molecule has 0 saturated heterocycles. The smallest absolute Gasteiger partial charge is 0.119 e. The minimum Gasteiger partial charge on any atom is -0.490 e. The Morgan fingerprint density at radius 3 is 2.54 bits per heavy atom. The molecule has 0 spiro atoms. The Bertz CT molecular complexity index is 609. The highest BCUT2D eigenvalue weighted by Crippen LogP contribution is 2.27. The summed E-state index contributed by atoms with van der Waals surface area (Å²) in [4.78, 5) is 8.54. The van der Waals surface area contributed by atoms with E-state index in [1.54, 1.807) is 12.4 Å². The highest BCUT2D eigenvalue weighted by atomic mass is 16.5. The molecule has 1 aliphatic rings. The van der Waals surface area contributed by atoms with Gasteiger partial charge in [0.15, 0.2) is 0 Å². The topological polar surface area (TPSA) is 47.0 Å². The molecule has 1 aliphatic carbocycles. The van der Waals surface area contributed by atoms with Crippen LogP contribution in [0.2, 0.25) is 0 Å². The first-order valence-electron chi connectivity index (χ1n) is 9.05. The molecule has 0 radical (unpaired) electrons. The van der Waals surface area contributed by atoms with Crippen LogP contribution < -0.4 is 10.1 Å². The predicted octanol–water partition coefficient (Wildman–Crippen LogP) is 4.60. The molecule has 4 heteroatoms. The molecule has 4 nitrogen and oxygen atoms in total. The molecule has 0 unspecified atom stereocenters. The monoisotopic (exact) mass is 325 g/mol. The van der Waals surface area contributed by atoms with Crippen LogP contribution in [0.4, 0.5) is 0 Å². The first kappa shape index (κ1) is 16.9. The quantitative estimate of drug-likeness (QED) is 0.808. The van der Waals surface area contributed by atoms with E-state index < -0.39 is 0 Å². The Balaban J connectivity index is 1.62. The maximum Gasteiger partial charge on any atom is 0.119 e. The van der Waals surface area contributed by atoms with Crippen LogP contribution in [0, 0.1) is 0 Å². The van der Waals surface area contributed by atoms with Crippen molar-refractivity contribution in [2.45, 2.75) is 64.1 Å². The summed E-state index contributed by atoms with van der Waals surface area (Å²) in [5.41, 5.74) is 2.25. The molecule has 1 fully saturated rings. The van der Waals surface area contributed by atoms with Crippen molar-refractivity contribution in [3.63, 3.8) is 0 Å². The summed E-state index contributed by atoms with van der Waals surface area (Å²) in [6, 6.07) is 9.01. The zero-order chi connectivity index (χ0) is 16.8. The van der Waals surface area contributed by atoms with Gasteiger partial charge < -0.3 is 10.1 Å². The van der Waals surface area contributed by atoms with Gasteiger partial charge in [-0.2, -0.15) is 0 Å². The molecule has 2 aromatic rings. The van der Waals surface area contributed by atoms with Crippen molar-refractivity contribution in [2.24, 2.45) is 0 Å². The van der Waals surface area contributed by atoms with E-state index in [-0.39, 0.29) is 6.04 Å². The Morgan fingerprint density at radius 1 is 1.17 bits per heavy atom. The molecule has 2 atom stereocenters. The highest BCUT2D eigenvalue weighted by molar-refractivity contribution is 5.29. The summed E-state index contributed by atoms with van der Waals surface area (Å²) in [7, 11) is 0. The van der Waals surface area contributed by atoms with Crippen LogP contribution in [0.5, 0.6) is 5.75 Å². The maximum absolute atomic E-state index is 6.06. The van der Waals surface area contributed by atoms with Gasteiger partial charge >= 0.3 is 0 Å². The molecule has 1 N–H and O–H groups in total. The third-order valence-corrected chi connectivity index (χ3v) is 4.77. The molecule has 1 saturated carbocycles. The van der Waals surface area contributed by atoms with Gasteiger partial charge in [0.2, 0.25) is 0 Å². The van der Waals surface area contributed by atoms with E-state index >= 15 is 0 Å². The number of nitrogens with zero attached hydrogens (tertiary/aromatic N) is 2. The van der Waals surface area contributed by atoms with Gasteiger partial charge in [-0.05, 0) is 56.7 Å². The number of ether oxygens (including phenoxy) is 1. The number of hydrogen-bond donors (Lipinski definition) is 1. The zero-order valence-corrected chi connectivity index (χ0v) is 14.6. The molecule has 1 aromatic carbocycles. The fourth-order valence-electron chi connectivity index (χ4n) is 3.35. The number of nitrogens with one attached hydrogen (secondary N) is 1. The Labute approximate surface area is 144 Å². The van der Waals surface area contributed by atoms with Gasteiger partial charge in [-0.1, -0.05) is 19.1 Å². The molecule has 1 aromatic heterocycles. The molecule has 0 bridgehead atoms. The summed E-state index contributed by atoms with van der Waals surface area (Å²) in [5.74, 6) is 0.988. The lowest BCUT2D eigenvalue weighted by atomic mass is 10.0. The van der Waals surface area contributed by atoms with E-state index in [1.807, 2.05) is 6.20 Å². The Morgan fingerprint density at radius 2 is 1.92 bits per heavy atom. The minimum absolute atomic E-state index is 0.165. The van der Waals surface area contributed by atoms with Crippen molar-refractivity contribution >= 4 is 0 Å². The van der Waals surface area contributed by atoms with E-state index in [9.17, 15) is 0 Å². The number of rotatable bonds is 7. The molecule has 0 aliphatic heterocycles. The average molecular weight is 325 g/mol. The summed E-state index contributed by atoms with van der Waals surface area (Å²) in [6.45, 7) is 4.33. The lowest BCUT2D eigenvalue weighted by Gasteiger charge is -2.22. The van der Waals surface area contributed by atoms with Crippen molar-refractivity contribution in [1.29, 1.82) is 0 Å².